The van der Waals surface area contributed by atoms with Crippen molar-refractivity contribution >= 4 is 16.8 Å². The SMILES string of the molecule is O=C(N/N=c1\ccn(O)c2ccccc12)c1ccccc1. The highest BCUT2D eigenvalue weighted by Crippen LogP contribution is 2.07. The van der Waals surface area contributed by atoms with Crippen molar-refractivity contribution in [1.82, 2.24) is 10.2 Å². The lowest BCUT2D eigenvalue weighted by atomic mass is 10.2. The molecule has 0 spiro atoms. The zero-order chi connectivity index (χ0) is 14.7. The highest BCUT2D eigenvalue weighted by Gasteiger charge is 2.03. The number of benzene rings is 2. The Labute approximate surface area is 120 Å². The van der Waals surface area contributed by atoms with E-state index in [0.717, 1.165) is 10.1 Å². The lowest BCUT2D eigenvalue weighted by molar-refractivity contribution is 0.0953. The molecule has 1 amide bonds. The largest absolute Gasteiger partial charge is 0.428 e. The average molecular weight is 279 g/mol. The van der Waals surface area contributed by atoms with Gasteiger partial charge in [0.15, 0.2) is 0 Å². The smallest absolute Gasteiger partial charge is 0.271 e. The Balaban J connectivity index is 1.98. The summed E-state index contributed by atoms with van der Waals surface area (Å²) >= 11 is 0. The predicted octanol–water partition coefficient (Wildman–Crippen LogP) is 2.12. The summed E-state index contributed by atoms with van der Waals surface area (Å²) in [6.07, 6.45) is 1.48. The van der Waals surface area contributed by atoms with Crippen LogP contribution >= 0.6 is 0 Å². The molecule has 0 radical (unpaired) electrons. The summed E-state index contributed by atoms with van der Waals surface area (Å²) < 4.78 is 1.02. The van der Waals surface area contributed by atoms with E-state index in [4.69, 9.17) is 0 Å². The molecule has 0 fully saturated rings. The van der Waals surface area contributed by atoms with Gasteiger partial charge in [-0.3, -0.25) is 4.79 Å². The molecule has 3 rings (SSSR count). The Morgan fingerprint density at radius 3 is 2.52 bits per heavy atom. The quantitative estimate of drug-likeness (QED) is 0.557. The van der Waals surface area contributed by atoms with E-state index in [1.165, 1.54) is 6.20 Å². The Morgan fingerprint density at radius 1 is 1.00 bits per heavy atom. The fourth-order valence-electron chi connectivity index (χ4n) is 2.06. The topological polar surface area (TPSA) is 66.6 Å². The van der Waals surface area contributed by atoms with Crippen LogP contribution in [-0.4, -0.2) is 15.8 Å². The molecule has 21 heavy (non-hydrogen) atoms. The molecule has 0 aliphatic heterocycles. The van der Waals surface area contributed by atoms with Crippen molar-refractivity contribution in [2.24, 2.45) is 5.10 Å². The van der Waals surface area contributed by atoms with Crippen molar-refractivity contribution in [1.29, 1.82) is 0 Å². The monoisotopic (exact) mass is 279 g/mol. The normalized spacial score (nSPS) is 11.5. The number of aromatic nitrogens is 1. The van der Waals surface area contributed by atoms with E-state index in [2.05, 4.69) is 10.5 Å². The van der Waals surface area contributed by atoms with E-state index in [9.17, 15) is 10.0 Å². The van der Waals surface area contributed by atoms with Crippen molar-refractivity contribution in [3.05, 3.63) is 77.8 Å². The molecule has 3 aromatic rings. The zero-order valence-electron chi connectivity index (χ0n) is 11.1. The Morgan fingerprint density at radius 2 is 1.71 bits per heavy atom. The molecular formula is C16H13N3O2. The third kappa shape index (κ3) is 2.62. The summed E-state index contributed by atoms with van der Waals surface area (Å²) in [5, 5.41) is 15.2. The van der Waals surface area contributed by atoms with Gasteiger partial charge in [0.25, 0.3) is 5.91 Å². The Bertz CT molecular complexity index is 854. The second kappa shape index (κ2) is 5.50. The van der Waals surface area contributed by atoms with Crippen LogP contribution in [0.3, 0.4) is 0 Å². The van der Waals surface area contributed by atoms with Crippen LogP contribution in [0.5, 0.6) is 0 Å². The number of nitrogens with zero attached hydrogens (tertiary/aromatic N) is 2. The first-order valence-corrected chi connectivity index (χ1v) is 6.44. The van der Waals surface area contributed by atoms with Gasteiger partial charge in [-0.2, -0.15) is 9.83 Å². The minimum atomic E-state index is -0.277. The summed E-state index contributed by atoms with van der Waals surface area (Å²) in [7, 11) is 0. The van der Waals surface area contributed by atoms with Crippen molar-refractivity contribution in [3.63, 3.8) is 0 Å². The van der Waals surface area contributed by atoms with Crippen molar-refractivity contribution in [2.75, 3.05) is 0 Å². The van der Waals surface area contributed by atoms with Gasteiger partial charge < -0.3 is 5.21 Å². The number of hydrogen-bond donors (Lipinski definition) is 2. The van der Waals surface area contributed by atoms with Gasteiger partial charge in [0.1, 0.15) is 0 Å². The fourth-order valence-corrected chi connectivity index (χ4v) is 2.06. The Kier molecular flexibility index (Phi) is 3.39. The number of hydrogen-bond acceptors (Lipinski definition) is 3. The van der Waals surface area contributed by atoms with Gasteiger partial charge in [0.05, 0.1) is 10.9 Å². The minimum Gasteiger partial charge on any atom is -0.428 e. The fraction of sp³-hybridized carbons (Fsp3) is 0. The first-order chi connectivity index (χ1) is 10.3. The summed E-state index contributed by atoms with van der Waals surface area (Å²) in [5.41, 5.74) is 3.68. The zero-order valence-corrected chi connectivity index (χ0v) is 11.1. The van der Waals surface area contributed by atoms with Crippen LogP contribution in [-0.2, 0) is 0 Å². The lowest BCUT2D eigenvalue weighted by Gasteiger charge is -2.04. The first-order valence-electron chi connectivity index (χ1n) is 6.44. The number of pyridine rings is 1. The molecule has 104 valence electrons. The van der Waals surface area contributed by atoms with E-state index >= 15 is 0 Å². The number of carbonyl (C=O) groups is 1. The molecule has 1 aromatic heterocycles. The van der Waals surface area contributed by atoms with Crippen LogP contribution in [0.25, 0.3) is 10.9 Å². The summed E-state index contributed by atoms with van der Waals surface area (Å²) in [6, 6.07) is 17.8. The molecule has 0 unspecified atom stereocenters. The highest BCUT2D eigenvalue weighted by molar-refractivity contribution is 5.93. The molecule has 0 atom stereocenters. The second-order valence-electron chi connectivity index (χ2n) is 4.48. The summed E-state index contributed by atoms with van der Waals surface area (Å²) in [4.78, 5) is 12.0. The molecule has 2 N–H and O–H groups in total. The molecule has 5 nitrogen and oxygen atoms in total. The molecule has 5 heteroatoms. The Hall–Kier alpha value is -3.08. The van der Waals surface area contributed by atoms with E-state index < -0.39 is 0 Å². The third-order valence-electron chi connectivity index (χ3n) is 3.11. The van der Waals surface area contributed by atoms with Crippen LogP contribution in [0.1, 0.15) is 10.4 Å². The van der Waals surface area contributed by atoms with E-state index in [-0.39, 0.29) is 5.91 Å². The van der Waals surface area contributed by atoms with Crippen LogP contribution < -0.4 is 10.8 Å². The molecule has 1 heterocycles. The lowest BCUT2D eigenvalue weighted by Crippen LogP contribution is -2.21. The van der Waals surface area contributed by atoms with Crippen LogP contribution in [0, 0.1) is 0 Å². The molecule has 0 aliphatic carbocycles. The maximum absolute atomic E-state index is 12.0. The van der Waals surface area contributed by atoms with E-state index in [1.54, 1.807) is 36.4 Å². The van der Waals surface area contributed by atoms with Gasteiger partial charge >= 0.3 is 0 Å². The van der Waals surface area contributed by atoms with Crippen LogP contribution in [0.2, 0.25) is 0 Å². The number of nitrogens with one attached hydrogen (secondary N) is 1. The maximum atomic E-state index is 12.0. The van der Waals surface area contributed by atoms with Gasteiger partial charge in [-0.1, -0.05) is 36.4 Å². The van der Waals surface area contributed by atoms with E-state index in [1.807, 2.05) is 24.3 Å². The summed E-state index contributed by atoms with van der Waals surface area (Å²) in [5.74, 6) is -0.277. The third-order valence-corrected chi connectivity index (χ3v) is 3.11. The van der Waals surface area contributed by atoms with Gasteiger partial charge in [0.2, 0.25) is 0 Å². The number of fused-ring (bicyclic) bond motifs is 1. The van der Waals surface area contributed by atoms with Gasteiger partial charge in [0, 0.05) is 17.1 Å². The van der Waals surface area contributed by atoms with Gasteiger partial charge in [-0.15, -0.1) is 0 Å². The van der Waals surface area contributed by atoms with E-state index in [0.29, 0.717) is 16.4 Å². The second-order valence-corrected chi connectivity index (χ2v) is 4.48. The average Bonchev–Trinajstić information content (AvgIpc) is 2.55. The van der Waals surface area contributed by atoms with Crippen LogP contribution in [0.15, 0.2) is 72.0 Å². The molecule has 0 bridgehead atoms. The van der Waals surface area contributed by atoms with Gasteiger partial charge in [-0.25, -0.2) is 5.43 Å². The molecule has 0 saturated carbocycles. The standard InChI is InChI=1S/C16H13N3O2/c20-16(12-6-2-1-3-7-12)18-17-14-10-11-19(21)15-9-5-4-8-13(14)15/h1-11,21H,(H,18,20)/b17-14+. The van der Waals surface area contributed by atoms with Gasteiger partial charge in [-0.05, 0) is 24.3 Å². The number of carbonyl (C=O) groups excluding carboxylic acids is 1. The minimum absolute atomic E-state index is 0.277. The number of para-hydroxylation sites is 1. The maximum Gasteiger partial charge on any atom is 0.271 e. The highest BCUT2D eigenvalue weighted by atomic mass is 16.5. The molecule has 0 saturated heterocycles. The first kappa shape index (κ1) is 12.9. The number of rotatable bonds is 2. The predicted molar refractivity (Wildman–Crippen MR) is 78.6 cm³/mol. The van der Waals surface area contributed by atoms with Crippen molar-refractivity contribution < 1.29 is 10.0 Å². The molecule has 2 aromatic carbocycles. The molecule has 0 aliphatic rings. The van der Waals surface area contributed by atoms with Crippen LogP contribution in [0.4, 0.5) is 0 Å². The summed E-state index contributed by atoms with van der Waals surface area (Å²) in [6.45, 7) is 0. The molecular weight excluding hydrogens is 266 g/mol. The number of amides is 1. The van der Waals surface area contributed by atoms with Crippen molar-refractivity contribution in [3.8, 4) is 0 Å². The van der Waals surface area contributed by atoms with Crippen molar-refractivity contribution in [2.45, 2.75) is 0 Å².